The van der Waals surface area contributed by atoms with Crippen molar-refractivity contribution in [2.45, 2.75) is 25.9 Å². The first kappa shape index (κ1) is 14.0. The van der Waals surface area contributed by atoms with Crippen molar-refractivity contribution < 1.29 is 14.6 Å². The van der Waals surface area contributed by atoms with Crippen molar-refractivity contribution in [1.82, 2.24) is 5.32 Å². The predicted octanol–water partition coefficient (Wildman–Crippen LogP) is 1.83. The molecule has 0 atom stereocenters. The van der Waals surface area contributed by atoms with Crippen molar-refractivity contribution in [3.63, 3.8) is 0 Å². The highest BCUT2D eigenvalue weighted by Crippen LogP contribution is 2.15. The molecule has 1 aromatic carbocycles. The molecule has 0 aliphatic carbocycles. The summed E-state index contributed by atoms with van der Waals surface area (Å²) in [6, 6.07) is 7.60. The number of rotatable bonds is 6. The summed E-state index contributed by atoms with van der Waals surface area (Å²) in [6.07, 6.45) is 2.39. The summed E-state index contributed by atoms with van der Waals surface area (Å²) in [6.45, 7) is 3.42. The number of carbonyl (C=O) groups is 1. The zero-order chi connectivity index (χ0) is 13.5. The third kappa shape index (κ3) is 4.65. The van der Waals surface area contributed by atoms with E-state index in [1.807, 2.05) is 24.3 Å². The fourth-order valence-corrected chi connectivity index (χ4v) is 2.42. The molecule has 2 N–H and O–H groups in total. The maximum absolute atomic E-state index is 10.8. The molecular formula is C15H21NO3. The molecule has 1 heterocycles. The molecule has 19 heavy (non-hydrogen) atoms. The van der Waals surface area contributed by atoms with Gasteiger partial charge in [0.1, 0.15) is 0 Å². The minimum atomic E-state index is -0.800. The van der Waals surface area contributed by atoms with E-state index in [1.165, 1.54) is 0 Å². The SMILES string of the molecule is O=C(O)Cc1ccccc1COCC1CCNCC1. The van der Waals surface area contributed by atoms with E-state index >= 15 is 0 Å². The molecule has 0 unspecified atom stereocenters. The second kappa shape index (κ2) is 7.26. The molecule has 4 nitrogen and oxygen atoms in total. The Labute approximate surface area is 113 Å². The first-order chi connectivity index (χ1) is 9.25. The fraction of sp³-hybridized carbons (Fsp3) is 0.533. The molecule has 0 amide bonds. The van der Waals surface area contributed by atoms with Crippen LogP contribution in [0.15, 0.2) is 24.3 Å². The summed E-state index contributed by atoms with van der Waals surface area (Å²) >= 11 is 0. The molecule has 4 heteroatoms. The maximum atomic E-state index is 10.8. The standard InChI is InChI=1S/C15H21NO3/c17-15(18)9-13-3-1-2-4-14(13)11-19-10-12-5-7-16-8-6-12/h1-4,12,16H,5-11H2,(H,17,18). The summed E-state index contributed by atoms with van der Waals surface area (Å²) in [4.78, 5) is 10.8. The van der Waals surface area contributed by atoms with Gasteiger partial charge in [0, 0.05) is 6.61 Å². The van der Waals surface area contributed by atoms with Crippen molar-refractivity contribution in [1.29, 1.82) is 0 Å². The number of aliphatic carboxylic acids is 1. The molecule has 104 valence electrons. The van der Waals surface area contributed by atoms with Gasteiger partial charge in [-0.25, -0.2) is 0 Å². The van der Waals surface area contributed by atoms with Gasteiger partial charge in [-0.05, 0) is 43.0 Å². The second-order valence-corrected chi connectivity index (χ2v) is 5.05. The molecule has 0 saturated carbocycles. The number of carboxylic acid groups (broad SMARTS) is 1. The van der Waals surface area contributed by atoms with Gasteiger partial charge >= 0.3 is 5.97 Å². The number of carboxylic acids is 1. The van der Waals surface area contributed by atoms with Crippen molar-refractivity contribution in [2.75, 3.05) is 19.7 Å². The van der Waals surface area contributed by atoms with Gasteiger partial charge in [0.25, 0.3) is 0 Å². The van der Waals surface area contributed by atoms with Crippen LogP contribution in [0.4, 0.5) is 0 Å². The molecule has 1 aliphatic rings. The molecule has 0 radical (unpaired) electrons. The van der Waals surface area contributed by atoms with E-state index in [2.05, 4.69) is 5.32 Å². The fourth-order valence-electron chi connectivity index (χ4n) is 2.42. The molecule has 0 bridgehead atoms. The van der Waals surface area contributed by atoms with E-state index < -0.39 is 5.97 Å². The first-order valence-electron chi connectivity index (χ1n) is 6.82. The molecule has 2 rings (SSSR count). The molecule has 0 aromatic heterocycles. The average molecular weight is 263 g/mol. The van der Waals surface area contributed by atoms with Crippen molar-refractivity contribution in [3.8, 4) is 0 Å². The number of piperidine rings is 1. The Morgan fingerprint density at radius 2 is 1.95 bits per heavy atom. The largest absolute Gasteiger partial charge is 0.481 e. The van der Waals surface area contributed by atoms with Crippen LogP contribution in [0.25, 0.3) is 0 Å². The zero-order valence-electron chi connectivity index (χ0n) is 11.1. The van der Waals surface area contributed by atoms with E-state index in [4.69, 9.17) is 9.84 Å². The molecular weight excluding hydrogens is 242 g/mol. The Kier molecular flexibility index (Phi) is 5.36. The monoisotopic (exact) mass is 263 g/mol. The van der Waals surface area contributed by atoms with Gasteiger partial charge in [-0.3, -0.25) is 4.79 Å². The third-order valence-corrected chi connectivity index (χ3v) is 3.53. The Morgan fingerprint density at radius 1 is 1.26 bits per heavy atom. The van der Waals surface area contributed by atoms with Crippen LogP contribution in [0.1, 0.15) is 24.0 Å². The Balaban J connectivity index is 1.83. The summed E-state index contributed by atoms with van der Waals surface area (Å²) in [5.74, 6) is -0.168. The van der Waals surface area contributed by atoms with Gasteiger partial charge in [0.15, 0.2) is 0 Å². The Hall–Kier alpha value is -1.39. The maximum Gasteiger partial charge on any atom is 0.307 e. The topological polar surface area (TPSA) is 58.6 Å². The lowest BCUT2D eigenvalue weighted by atomic mass is 9.99. The first-order valence-corrected chi connectivity index (χ1v) is 6.82. The molecule has 0 spiro atoms. The van der Waals surface area contributed by atoms with Crippen LogP contribution in [0, 0.1) is 5.92 Å². The summed E-state index contributed by atoms with van der Waals surface area (Å²) in [5.41, 5.74) is 1.83. The summed E-state index contributed by atoms with van der Waals surface area (Å²) in [7, 11) is 0. The van der Waals surface area contributed by atoms with Crippen LogP contribution in [0.2, 0.25) is 0 Å². The molecule has 1 saturated heterocycles. The Morgan fingerprint density at radius 3 is 2.63 bits per heavy atom. The smallest absolute Gasteiger partial charge is 0.307 e. The van der Waals surface area contributed by atoms with Crippen molar-refractivity contribution >= 4 is 5.97 Å². The summed E-state index contributed by atoms with van der Waals surface area (Å²) < 4.78 is 5.76. The van der Waals surface area contributed by atoms with Gasteiger partial charge in [-0.2, -0.15) is 0 Å². The van der Waals surface area contributed by atoms with Crippen molar-refractivity contribution in [2.24, 2.45) is 5.92 Å². The van der Waals surface area contributed by atoms with Gasteiger partial charge in [-0.1, -0.05) is 24.3 Å². The quantitative estimate of drug-likeness (QED) is 0.822. The van der Waals surface area contributed by atoms with Crippen molar-refractivity contribution in [3.05, 3.63) is 35.4 Å². The lowest BCUT2D eigenvalue weighted by molar-refractivity contribution is -0.136. The minimum Gasteiger partial charge on any atom is -0.481 e. The Bertz CT molecular complexity index is 414. The van der Waals surface area contributed by atoms with Gasteiger partial charge < -0.3 is 15.2 Å². The number of ether oxygens (including phenoxy) is 1. The number of hydrogen-bond acceptors (Lipinski definition) is 3. The predicted molar refractivity (Wildman–Crippen MR) is 73.0 cm³/mol. The highest BCUT2D eigenvalue weighted by atomic mass is 16.5. The lowest BCUT2D eigenvalue weighted by Gasteiger charge is -2.22. The van der Waals surface area contributed by atoms with E-state index in [9.17, 15) is 4.79 Å². The van der Waals surface area contributed by atoms with E-state index in [1.54, 1.807) is 0 Å². The second-order valence-electron chi connectivity index (χ2n) is 5.05. The van der Waals surface area contributed by atoms with E-state index in [0.717, 1.165) is 43.7 Å². The number of benzene rings is 1. The number of nitrogens with one attached hydrogen (secondary N) is 1. The normalized spacial score (nSPS) is 16.4. The highest BCUT2D eigenvalue weighted by Gasteiger charge is 2.13. The lowest BCUT2D eigenvalue weighted by Crippen LogP contribution is -2.29. The van der Waals surface area contributed by atoms with E-state index in [-0.39, 0.29) is 6.42 Å². The van der Waals surface area contributed by atoms with E-state index in [0.29, 0.717) is 12.5 Å². The van der Waals surface area contributed by atoms with Crippen LogP contribution in [0.5, 0.6) is 0 Å². The van der Waals surface area contributed by atoms with Gasteiger partial charge in [0.2, 0.25) is 0 Å². The highest BCUT2D eigenvalue weighted by molar-refractivity contribution is 5.70. The zero-order valence-corrected chi connectivity index (χ0v) is 11.1. The number of hydrogen-bond donors (Lipinski definition) is 2. The average Bonchev–Trinajstić information content (AvgIpc) is 2.41. The minimum absolute atomic E-state index is 0.0624. The summed E-state index contributed by atoms with van der Waals surface area (Å²) in [5, 5.41) is 12.2. The van der Waals surface area contributed by atoms with Crippen LogP contribution in [-0.2, 0) is 22.6 Å². The van der Waals surface area contributed by atoms with Crippen LogP contribution in [-0.4, -0.2) is 30.8 Å². The molecule has 1 aliphatic heterocycles. The van der Waals surface area contributed by atoms with Crippen LogP contribution < -0.4 is 5.32 Å². The molecule has 1 aromatic rings. The molecule has 1 fully saturated rings. The van der Waals surface area contributed by atoms with Gasteiger partial charge in [-0.15, -0.1) is 0 Å². The van der Waals surface area contributed by atoms with Crippen LogP contribution in [0.3, 0.4) is 0 Å². The third-order valence-electron chi connectivity index (χ3n) is 3.53. The van der Waals surface area contributed by atoms with Crippen LogP contribution >= 0.6 is 0 Å². The van der Waals surface area contributed by atoms with Gasteiger partial charge in [0.05, 0.1) is 13.0 Å².